The number of pyridine rings is 1. The van der Waals surface area contributed by atoms with Gasteiger partial charge in [-0.3, -0.25) is 0 Å². The van der Waals surface area contributed by atoms with Crippen molar-refractivity contribution in [2.75, 3.05) is 5.75 Å². The summed E-state index contributed by atoms with van der Waals surface area (Å²) >= 11 is 1.13. The first-order valence-electron chi connectivity index (χ1n) is 9.96. The molecule has 0 N–H and O–H groups in total. The second kappa shape index (κ2) is 11.9. The van der Waals surface area contributed by atoms with Crippen molar-refractivity contribution in [2.45, 2.75) is 63.3 Å². The van der Waals surface area contributed by atoms with Crippen LogP contribution < -0.4 is 4.74 Å². The summed E-state index contributed by atoms with van der Waals surface area (Å²) in [5, 5.41) is 9.38. The average Bonchev–Trinajstić information content (AvgIpc) is 2.72. The Kier molecular flexibility index (Phi) is 9.56. The molecule has 0 saturated heterocycles. The van der Waals surface area contributed by atoms with Gasteiger partial charge in [-0.15, -0.1) is 11.8 Å². The lowest BCUT2D eigenvalue weighted by Gasteiger charge is -2.14. The summed E-state index contributed by atoms with van der Waals surface area (Å²) in [7, 11) is 0. The van der Waals surface area contributed by atoms with E-state index in [1.165, 1.54) is 24.3 Å². The maximum atomic E-state index is 13.6. The number of nitriles is 1. The zero-order valence-electron chi connectivity index (χ0n) is 17.0. The minimum Gasteiger partial charge on any atom is -0.435 e. The van der Waals surface area contributed by atoms with Gasteiger partial charge >= 0.3 is 12.8 Å². The number of ether oxygens (including phenoxy) is 1. The quantitative estimate of drug-likeness (QED) is 0.197. The third kappa shape index (κ3) is 7.69. The van der Waals surface area contributed by atoms with Gasteiger partial charge in [0, 0.05) is 5.56 Å². The Morgan fingerprint density at radius 2 is 1.71 bits per heavy atom. The molecular formula is C22H23F5N2OS. The number of nitrogens with zero attached hydrogens (tertiary/aromatic N) is 2. The molecule has 168 valence electrons. The predicted octanol–water partition coefficient (Wildman–Crippen LogP) is 7.69. The smallest absolute Gasteiger partial charge is 0.417 e. The van der Waals surface area contributed by atoms with Crippen LogP contribution in [0.3, 0.4) is 0 Å². The van der Waals surface area contributed by atoms with Gasteiger partial charge in [-0.1, -0.05) is 39.0 Å². The van der Waals surface area contributed by atoms with Gasteiger partial charge in [0.2, 0.25) is 0 Å². The Hall–Kier alpha value is -2.34. The monoisotopic (exact) mass is 458 g/mol. The van der Waals surface area contributed by atoms with Crippen molar-refractivity contribution < 1.29 is 26.7 Å². The van der Waals surface area contributed by atoms with Crippen molar-refractivity contribution in [3.8, 4) is 23.1 Å². The molecule has 3 nitrogen and oxygen atoms in total. The van der Waals surface area contributed by atoms with Crippen LogP contribution in [0.15, 0.2) is 35.4 Å². The number of aromatic nitrogens is 1. The minimum absolute atomic E-state index is 0.0142. The lowest BCUT2D eigenvalue weighted by molar-refractivity contribution is -0.138. The molecule has 0 atom stereocenters. The van der Waals surface area contributed by atoms with Crippen LogP contribution in [0.4, 0.5) is 22.0 Å². The van der Waals surface area contributed by atoms with Crippen molar-refractivity contribution in [2.24, 2.45) is 0 Å². The van der Waals surface area contributed by atoms with Gasteiger partial charge in [0.25, 0.3) is 0 Å². The van der Waals surface area contributed by atoms with Crippen LogP contribution in [-0.4, -0.2) is 17.3 Å². The largest absolute Gasteiger partial charge is 0.435 e. The van der Waals surface area contributed by atoms with Gasteiger partial charge in [-0.2, -0.15) is 27.2 Å². The first kappa shape index (κ1) is 24.9. The fourth-order valence-electron chi connectivity index (χ4n) is 2.96. The van der Waals surface area contributed by atoms with E-state index in [9.17, 15) is 27.2 Å². The molecule has 0 unspecified atom stereocenters. The topological polar surface area (TPSA) is 45.9 Å². The number of benzene rings is 1. The molecule has 9 heteroatoms. The summed E-state index contributed by atoms with van der Waals surface area (Å²) in [5.41, 5.74) is -1.23. The zero-order valence-corrected chi connectivity index (χ0v) is 17.8. The first-order valence-corrected chi connectivity index (χ1v) is 10.9. The molecule has 0 radical (unpaired) electrons. The molecule has 0 aliphatic carbocycles. The summed E-state index contributed by atoms with van der Waals surface area (Å²) in [6.45, 7) is -0.879. The molecular weight excluding hydrogens is 435 g/mol. The lowest BCUT2D eigenvalue weighted by Crippen LogP contribution is -2.10. The summed E-state index contributed by atoms with van der Waals surface area (Å²) in [6, 6.07) is 7.64. The van der Waals surface area contributed by atoms with Crippen molar-refractivity contribution in [3.63, 3.8) is 0 Å². The fraction of sp³-hybridized carbons (Fsp3) is 0.455. The van der Waals surface area contributed by atoms with Gasteiger partial charge in [0.05, 0.1) is 16.8 Å². The number of unbranched alkanes of at least 4 members (excludes halogenated alkanes) is 5. The second-order valence-electron chi connectivity index (χ2n) is 6.86. The van der Waals surface area contributed by atoms with Crippen molar-refractivity contribution >= 4 is 11.8 Å². The number of hydrogen-bond acceptors (Lipinski definition) is 4. The molecule has 0 spiro atoms. The van der Waals surface area contributed by atoms with Crippen molar-refractivity contribution in [1.29, 1.82) is 5.26 Å². The van der Waals surface area contributed by atoms with E-state index in [4.69, 9.17) is 0 Å². The van der Waals surface area contributed by atoms with E-state index in [0.29, 0.717) is 11.3 Å². The lowest BCUT2D eigenvalue weighted by atomic mass is 10.1. The van der Waals surface area contributed by atoms with Crippen molar-refractivity contribution in [3.05, 3.63) is 41.5 Å². The van der Waals surface area contributed by atoms with Gasteiger partial charge in [-0.05, 0) is 42.5 Å². The second-order valence-corrected chi connectivity index (χ2v) is 7.95. The van der Waals surface area contributed by atoms with E-state index in [2.05, 4.69) is 16.6 Å². The normalized spacial score (nSPS) is 11.5. The minimum atomic E-state index is -4.73. The van der Waals surface area contributed by atoms with Crippen LogP contribution in [0.1, 0.15) is 56.6 Å². The summed E-state index contributed by atoms with van der Waals surface area (Å²) in [4.78, 5) is 4.28. The van der Waals surface area contributed by atoms with Crippen LogP contribution in [0, 0.1) is 11.3 Å². The van der Waals surface area contributed by atoms with E-state index < -0.39 is 23.9 Å². The summed E-state index contributed by atoms with van der Waals surface area (Å²) in [6.07, 6.45) is 1.53. The van der Waals surface area contributed by atoms with Gasteiger partial charge in [0.15, 0.2) is 0 Å². The Morgan fingerprint density at radius 1 is 1.06 bits per heavy atom. The highest BCUT2D eigenvalue weighted by Crippen LogP contribution is 2.38. The molecule has 0 aliphatic rings. The van der Waals surface area contributed by atoms with Crippen LogP contribution in [0.25, 0.3) is 11.3 Å². The van der Waals surface area contributed by atoms with E-state index in [1.807, 2.05) is 0 Å². The molecule has 0 fully saturated rings. The molecule has 0 bridgehead atoms. The van der Waals surface area contributed by atoms with E-state index >= 15 is 0 Å². The fourth-order valence-corrected chi connectivity index (χ4v) is 3.97. The van der Waals surface area contributed by atoms with Crippen LogP contribution in [-0.2, 0) is 6.18 Å². The van der Waals surface area contributed by atoms with Gasteiger partial charge in [-0.25, -0.2) is 4.98 Å². The standard InChI is InChI=1S/C22H23F5N2OS/c1-2-3-4-5-6-7-12-31-20-17(14-28)18(22(25,26)27)13-19(29-20)15-8-10-16(11-9-15)30-21(23)24/h8-11,13,21H,2-7,12H2,1H3. The molecule has 0 aliphatic heterocycles. The van der Waals surface area contributed by atoms with Crippen molar-refractivity contribution in [1.82, 2.24) is 4.98 Å². The highest BCUT2D eigenvalue weighted by atomic mass is 32.2. The number of hydrogen-bond donors (Lipinski definition) is 0. The highest BCUT2D eigenvalue weighted by molar-refractivity contribution is 7.99. The van der Waals surface area contributed by atoms with Gasteiger partial charge < -0.3 is 4.74 Å². The van der Waals surface area contributed by atoms with E-state index in [-0.39, 0.29) is 16.5 Å². The Bertz CT molecular complexity index is 879. The third-order valence-electron chi connectivity index (χ3n) is 4.52. The molecule has 1 aromatic carbocycles. The zero-order chi connectivity index (χ0) is 22.9. The van der Waals surface area contributed by atoms with E-state index in [0.717, 1.165) is 56.4 Å². The van der Waals surface area contributed by atoms with Gasteiger partial charge in [0.1, 0.15) is 16.8 Å². The number of rotatable bonds is 11. The van der Waals surface area contributed by atoms with E-state index in [1.54, 1.807) is 6.07 Å². The SMILES string of the molecule is CCCCCCCCSc1nc(-c2ccc(OC(F)F)cc2)cc(C(F)(F)F)c1C#N. The summed E-state index contributed by atoms with van der Waals surface area (Å²) < 4.78 is 69.6. The maximum absolute atomic E-state index is 13.6. The highest BCUT2D eigenvalue weighted by Gasteiger charge is 2.36. The number of thioether (sulfide) groups is 1. The average molecular weight is 458 g/mol. The molecule has 2 rings (SSSR count). The third-order valence-corrected chi connectivity index (χ3v) is 5.58. The Morgan fingerprint density at radius 3 is 2.29 bits per heavy atom. The number of alkyl halides is 5. The predicted molar refractivity (Wildman–Crippen MR) is 110 cm³/mol. The molecule has 2 aromatic rings. The maximum Gasteiger partial charge on any atom is 0.417 e. The molecule has 31 heavy (non-hydrogen) atoms. The molecule has 0 amide bonds. The molecule has 0 saturated carbocycles. The van der Waals surface area contributed by atoms with Crippen LogP contribution in [0.2, 0.25) is 0 Å². The molecule has 1 heterocycles. The van der Waals surface area contributed by atoms with Crippen LogP contribution in [0.5, 0.6) is 5.75 Å². The first-order chi connectivity index (χ1) is 14.8. The summed E-state index contributed by atoms with van der Waals surface area (Å²) in [5.74, 6) is 0.441. The van der Waals surface area contributed by atoms with Crippen LogP contribution >= 0.6 is 11.8 Å². The Labute approximate surface area is 182 Å². The molecule has 1 aromatic heterocycles. The number of halogens is 5. The Balaban J connectivity index is 2.26.